The molecular formula is C7H12N2O. The molecule has 3 heteroatoms. The van der Waals surface area contributed by atoms with E-state index in [0.29, 0.717) is 6.42 Å². The number of hydrogen-bond donors (Lipinski definition) is 2. The van der Waals surface area contributed by atoms with Crippen LogP contribution in [0.25, 0.3) is 0 Å². The average Bonchev–Trinajstić information content (AvgIpc) is 2.15. The predicted molar refractivity (Wildman–Crippen MR) is 38.7 cm³/mol. The lowest BCUT2D eigenvalue weighted by molar-refractivity contribution is 0.194. The molecule has 0 aliphatic carbocycles. The van der Waals surface area contributed by atoms with Crippen LogP contribution in [0.4, 0.5) is 0 Å². The molecule has 0 aliphatic heterocycles. The van der Waals surface area contributed by atoms with E-state index in [1.807, 2.05) is 6.92 Å². The van der Waals surface area contributed by atoms with Crippen molar-refractivity contribution in [3.8, 4) is 0 Å². The first-order valence-electron chi connectivity index (χ1n) is 3.37. The van der Waals surface area contributed by atoms with Crippen LogP contribution in [0, 0.1) is 6.92 Å². The number of aliphatic hydroxyl groups excluding tert-OH is 1. The third kappa shape index (κ3) is 1.57. The number of aryl methyl sites for hydroxylation is 1. The summed E-state index contributed by atoms with van der Waals surface area (Å²) in [6.07, 6.45) is 1.98. The second-order valence-corrected chi connectivity index (χ2v) is 2.53. The Labute approximate surface area is 60.1 Å². The van der Waals surface area contributed by atoms with E-state index in [-0.39, 0.29) is 6.10 Å². The topological polar surface area (TPSA) is 48.9 Å². The highest BCUT2D eigenvalue weighted by molar-refractivity contribution is 5.09. The minimum absolute atomic E-state index is 0.304. The molecule has 0 amide bonds. The molecule has 2 N–H and O–H groups in total. The van der Waals surface area contributed by atoms with Gasteiger partial charge in [-0.05, 0) is 13.8 Å². The van der Waals surface area contributed by atoms with Crippen LogP contribution in [0.15, 0.2) is 6.33 Å². The van der Waals surface area contributed by atoms with Gasteiger partial charge in [0.2, 0.25) is 0 Å². The van der Waals surface area contributed by atoms with Crippen molar-refractivity contribution in [3.63, 3.8) is 0 Å². The van der Waals surface area contributed by atoms with E-state index in [2.05, 4.69) is 9.97 Å². The van der Waals surface area contributed by atoms with Crippen LogP contribution in [0.1, 0.15) is 18.3 Å². The van der Waals surface area contributed by atoms with Crippen molar-refractivity contribution in [1.29, 1.82) is 0 Å². The lowest BCUT2D eigenvalue weighted by Gasteiger charge is -2.00. The van der Waals surface area contributed by atoms with Gasteiger partial charge in [-0.15, -0.1) is 0 Å². The van der Waals surface area contributed by atoms with Gasteiger partial charge in [0.15, 0.2) is 0 Å². The zero-order valence-electron chi connectivity index (χ0n) is 6.26. The van der Waals surface area contributed by atoms with E-state index in [1.54, 1.807) is 13.3 Å². The number of rotatable bonds is 2. The number of aromatic nitrogens is 2. The number of H-pyrrole nitrogens is 1. The SMILES string of the molecule is Cc1[nH]cnc1C[C@@H](C)O. The molecule has 56 valence electrons. The summed E-state index contributed by atoms with van der Waals surface area (Å²) in [7, 11) is 0. The van der Waals surface area contributed by atoms with E-state index in [9.17, 15) is 0 Å². The summed E-state index contributed by atoms with van der Waals surface area (Å²) in [4.78, 5) is 6.99. The molecule has 1 rings (SSSR count). The highest BCUT2D eigenvalue weighted by atomic mass is 16.3. The Kier molecular flexibility index (Phi) is 2.06. The maximum Gasteiger partial charge on any atom is 0.0925 e. The summed E-state index contributed by atoms with van der Waals surface area (Å²) in [5.74, 6) is 0. The van der Waals surface area contributed by atoms with Gasteiger partial charge in [0.25, 0.3) is 0 Å². The first kappa shape index (κ1) is 7.28. The van der Waals surface area contributed by atoms with Crippen LogP contribution in [0.2, 0.25) is 0 Å². The van der Waals surface area contributed by atoms with Crippen LogP contribution >= 0.6 is 0 Å². The normalized spacial score (nSPS) is 13.5. The minimum atomic E-state index is -0.304. The van der Waals surface area contributed by atoms with Gasteiger partial charge in [0.05, 0.1) is 18.1 Å². The molecule has 0 saturated carbocycles. The third-order valence-electron chi connectivity index (χ3n) is 1.42. The highest BCUT2D eigenvalue weighted by Crippen LogP contribution is 2.03. The summed E-state index contributed by atoms with van der Waals surface area (Å²) < 4.78 is 0. The Morgan fingerprint density at radius 2 is 2.50 bits per heavy atom. The van der Waals surface area contributed by atoms with Crippen molar-refractivity contribution in [2.75, 3.05) is 0 Å². The summed E-state index contributed by atoms with van der Waals surface area (Å²) >= 11 is 0. The van der Waals surface area contributed by atoms with E-state index in [1.165, 1.54) is 0 Å². The van der Waals surface area contributed by atoms with Gasteiger partial charge in [-0.1, -0.05) is 0 Å². The maximum absolute atomic E-state index is 8.99. The molecule has 0 fully saturated rings. The third-order valence-corrected chi connectivity index (χ3v) is 1.42. The van der Waals surface area contributed by atoms with E-state index in [0.717, 1.165) is 11.4 Å². The molecular weight excluding hydrogens is 128 g/mol. The van der Waals surface area contributed by atoms with E-state index in [4.69, 9.17) is 5.11 Å². The molecule has 0 unspecified atom stereocenters. The summed E-state index contributed by atoms with van der Waals surface area (Å²) in [5.41, 5.74) is 2.00. The van der Waals surface area contributed by atoms with Crippen molar-refractivity contribution < 1.29 is 5.11 Å². The quantitative estimate of drug-likeness (QED) is 0.633. The fourth-order valence-electron chi connectivity index (χ4n) is 0.873. The molecule has 10 heavy (non-hydrogen) atoms. The molecule has 0 bridgehead atoms. The van der Waals surface area contributed by atoms with Gasteiger partial charge in [-0.25, -0.2) is 4.98 Å². The maximum atomic E-state index is 8.99. The fourth-order valence-corrected chi connectivity index (χ4v) is 0.873. The van der Waals surface area contributed by atoms with Crippen molar-refractivity contribution in [3.05, 3.63) is 17.7 Å². The Morgan fingerprint density at radius 1 is 1.80 bits per heavy atom. The lowest BCUT2D eigenvalue weighted by Crippen LogP contribution is -2.05. The fraction of sp³-hybridized carbons (Fsp3) is 0.571. The van der Waals surface area contributed by atoms with Crippen LogP contribution in [-0.4, -0.2) is 21.2 Å². The van der Waals surface area contributed by atoms with E-state index >= 15 is 0 Å². The first-order chi connectivity index (χ1) is 4.70. The van der Waals surface area contributed by atoms with Gasteiger partial charge in [0, 0.05) is 12.1 Å². The molecule has 0 radical (unpaired) electrons. The highest BCUT2D eigenvalue weighted by Gasteiger charge is 2.03. The Balaban J connectivity index is 2.65. The Morgan fingerprint density at radius 3 is 2.90 bits per heavy atom. The number of aromatic amines is 1. The lowest BCUT2D eigenvalue weighted by atomic mass is 10.2. The molecule has 3 nitrogen and oxygen atoms in total. The van der Waals surface area contributed by atoms with Gasteiger partial charge in [-0.2, -0.15) is 0 Å². The number of nitrogens with zero attached hydrogens (tertiary/aromatic N) is 1. The number of hydrogen-bond acceptors (Lipinski definition) is 2. The second-order valence-electron chi connectivity index (χ2n) is 2.53. The van der Waals surface area contributed by atoms with Crippen molar-refractivity contribution in [1.82, 2.24) is 9.97 Å². The smallest absolute Gasteiger partial charge is 0.0925 e. The molecule has 1 aromatic heterocycles. The molecule has 1 heterocycles. The first-order valence-corrected chi connectivity index (χ1v) is 3.37. The summed E-state index contributed by atoms with van der Waals surface area (Å²) in [6, 6.07) is 0. The van der Waals surface area contributed by atoms with Crippen LogP contribution in [-0.2, 0) is 6.42 Å². The van der Waals surface area contributed by atoms with Gasteiger partial charge >= 0.3 is 0 Å². The van der Waals surface area contributed by atoms with Crippen LogP contribution < -0.4 is 0 Å². The largest absolute Gasteiger partial charge is 0.393 e. The standard InChI is InChI=1S/C7H12N2O/c1-5(10)3-7-6(2)8-4-9-7/h4-5,10H,3H2,1-2H3,(H,8,9)/t5-/m1/s1. The number of imidazole rings is 1. The zero-order chi connectivity index (χ0) is 7.56. The monoisotopic (exact) mass is 140 g/mol. The molecule has 0 aromatic carbocycles. The second kappa shape index (κ2) is 2.84. The molecule has 1 aromatic rings. The number of aliphatic hydroxyl groups is 1. The summed E-state index contributed by atoms with van der Waals surface area (Å²) in [6.45, 7) is 3.71. The summed E-state index contributed by atoms with van der Waals surface area (Å²) in [5, 5.41) is 8.99. The van der Waals surface area contributed by atoms with Crippen molar-refractivity contribution in [2.24, 2.45) is 0 Å². The molecule has 0 saturated heterocycles. The Hall–Kier alpha value is -0.830. The van der Waals surface area contributed by atoms with Gasteiger partial charge in [0.1, 0.15) is 0 Å². The van der Waals surface area contributed by atoms with Crippen LogP contribution in [0.3, 0.4) is 0 Å². The van der Waals surface area contributed by atoms with E-state index < -0.39 is 0 Å². The van der Waals surface area contributed by atoms with Crippen LogP contribution in [0.5, 0.6) is 0 Å². The van der Waals surface area contributed by atoms with Crippen molar-refractivity contribution >= 4 is 0 Å². The molecule has 0 spiro atoms. The van der Waals surface area contributed by atoms with Gasteiger partial charge < -0.3 is 10.1 Å². The minimum Gasteiger partial charge on any atom is -0.393 e. The molecule has 0 aliphatic rings. The average molecular weight is 140 g/mol. The predicted octanol–water partition coefficient (Wildman–Crippen LogP) is 0.641. The number of nitrogens with one attached hydrogen (secondary N) is 1. The van der Waals surface area contributed by atoms with Crippen molar-refractivity contribution in [2.45, 2.75) is 26.4 Å². The Bertz CT molecular complexity index is 205. The molecule has 1 atom stereocenters. The van der Waals surface area contributed by atoms with Gasteiger partial charge in [-0.3, -0.25) is 0 Å². The zero-order valence-corrected chi connectivity index (χ0v) is 6.26.